The van der Waals surface area contributed by atoms with Gasteiger partial charge in [0.2, 0.25) is 0 Å². The number of nitrogens with zero attached hydrogens (tertiary/aromatic N) is 1. The fraction of sp³-hybridized carbons (Fsp3) is 0.200. The van der Waals surface area contributed by atoms with Crippen molar-refractivity contribution in [3.8, 4) is 6.07 Å². The maximum atomic E-state index is 12.7. The van der Waals surface area contributed by atoms with Crippen LogP contribution in [0.25, 0.3) is 0 Å². The zero-order valence-corrected chi connectivity index (χ0v) is 10.6. The van der Waals surface area contributed by atoms with Crippen LogP contribution in [0.4, 0.5) is 13.2 Å². The number of nitriles is 1. The van der Waals surface area contributed by atoms with Crippen LogP contribution in [0.3, 0.4) is 0 Å². The summed E-state index contributed by atoms with van der Waals surface area (Å²) in [4.78, 5) is 11.3. The zero-order valence-electron chi connectivity index (χ0n) is 8.43. The largest absolute Gasteiger partial charge is 0.465 e. The second kappa shape index (κ2) is 4.91. The fourth-order valence-corrected chi connectivity index (χ4v) is 1.84. The molecule has 17 heavy (non-hydrogen) atoms. The molecule has 0 N–H and O–H groups in total. The molecule has 0 saturated carbocycles. The second-order valence-corrected chi connectivity index (χ2v) is 4.22. The lowest BCUT2D eigenvalue weighted by atomic mass is 10.0. The lowest BCUT2D eigenvalue weighted by molar-refractivity contribution is -0.137. The summed E-state index contributed by atoms with van der Waals surface area (Å²) in [5.41, 5.74) is -2.23. The molecule has 0 unspecified atom stereocenters. The van der Waals surface area contributed by atoms with Crippen LogP contribution in [-0.4, -0.2) is 13.1 Å². The van der Waals surface area contributed by atoms with Crippen LogP contribution >= 0.6 is 22.6 Å². The van der Waals surface area contributed by atoms with Gasteiger partial charge in [-0.2, -0.15) is 18.4 Å². The SMILES string of the molecule is COC(=O)c1cc(I)cc(C(F)(F)F)c1C#N. The molecule has 1 rings (SSSR count). The number of ether oxygens (including phenoxy) is 1. The first kappa shape index (κ1) is 13.8. The van der Waals surface area contributed by atoms with Crippen molar-refractivity contribution in [3.05, 3.63) is 32.4 Å². The third-order valence-corrected chi connectivity index (χ3v) is 2.55. The number of methoxy groups -OCH3 is 1. The molecule has 0 aliphatic rings. The van der Waals surface area contributed by atoms with Gasteiger partial charge < -0.3 is 4.74 Å². The molecule has 0 spiro atoms. The quantitative estimate of drug-likeness (QED) is 0.575. The molecule has 0 aliphatic carbocycles. The highest BCUT2D eigenvalue weighted by atomic mass is 127. The van der Waals surface area contributed by atoms with Crippen LogP contribution in [0.5, 0.6) is 0 Å². The topological polar surface area (TPSA) is 50.1 Å². The van der Waals surface area contributed by atoms with E-state index >= 15 is 0 Å². The third kappa shape index (κ3) is 2.88. The molecular formula is C10H5F3INO2. The van der Waals surface area contributed by atoms with Gasteiger partial charge in [-0.1, -0.05) is 0 Å². The van der Waals surface area contributed by atoms with E-state index in [0.717, 1.165) is 13.2 Å². The Hall–Kier alpha value is -1.30. The van der Waals surface area contributed by atoms with Gasteiger partial charge in [0.25, 0.3) is 0 Å². The van der Waals surface area contributed by atoms with Crippen molar-refractivity contribution in [2.75, 3.05) is 7.11 Å². The van der Waals surface area contributed by atoms with Gasteiger partial charge in [-0.05, 0) is 34.7 Å². The predicted octanol–water partition coefficient (Wildman–Crippen LogP) is 2.97. The van der Waals surface area contributed by atoms with Crippen molar-refractivity contribution in [2.45, 2.75) is 6.18 Å². The van der Waals surface area contributed by atoms with Crippen molar-refractivity contribution in [3.63, 3.8) is 0 Å². The molecule has 0 heterocycles. The summed E-state index contributed by atoms with van der Waals surface area (Å²) >= 11 is 1.64. The van der Waals surface area contributed by atoms with Crippen molar-refractivity contribution >= 4 is 28.6 Å². The summed E-state index contributed by atoms with van der Waals surface area (Å²) < 4.78 is 42.5. The molecule has 7 heteroatoms. The number of benzene rings is 1. The first-order chi connectivity index (χ1) is 7.81. The summed E-state index contributed by atoms with van der Waals surface area (Å²) in [6.45, 7) is 0. The van der Waals surface area contributed by atoms with Crippen LogP contribution in [0.2, 0.25) is 0 Å². The van der Waals surface area contributed by atoms with E-state index in [9.17, 15) is 18.0 Å². The van der Waals surface area contributed by atoms with E-state index in [0.29, 0.717) is 0 Å². The van der Waals surface area contributed by atoms with E-state index in [1.54, 1.807) is 22.6 Å². The highest BCUT2D eigenvalue weighted by Crippen LogP contribution is 2.34. The third-order valence-electron chi connectivity index (χ3n) is 1.93. The predicted molar refractivity (Wildman–Crippen MR) is 60.2 cm³/mol. The molecule has 1 aromatic carbocycles. The maximum absolute atomic E-state index is 12.7. The number of esters is 1. The van der Waals surface area contributed by atoms with E-state index < -0.39 is 23.3 Å². The lowest BCUT2D eigenvalue weighted by Crippen LogP contribution is -2.13. The minimum Gasteiger partial charge on any atom is -0.465 e. The smallest absolute Gasteiger partial charge is 0.417 e. The van der Waals surface area contributed by atoms with Crippen molar-refractivity contribution < 1.29 is 22.7 Å². The van der Waals surface area contributed by atoms with Crippen LogP contribution in [0, 0.1) is 14.9 Å². The first-order valence-corrected chi connectivity index (χ1v) is 5.28. The van der Waals surface area contributed by atoms with Crippen molar-refractivity contribution in [1.29, 1.82) is 5.26 Å². The van der Waals surface area contributed by atoms with Crippen LogP contribution in [0.15, 0.2) is 12.1 Å². The summed E-state index contributed by atoms with van der Waals surface area (Å²) in [5, 5.41) is 8.74. The second-order valence-electron chi connectivity index (χ2n) is 2.98. The Morgan fingerprint density at radius 2 is 2.06 bits per heavy atom. The molecule has 0 atom stereocenters. The van der Waals surface area contributed by atoms with Gasteiger partial charge in [0.1, 0.15) is 6.07 Å². The van der Waals surface area contributed by atoms with E-state index in [4.69, 9.17) is 5.26 Å². The molecule has 1 aromatic rings. The molecule has 0 fully saturated rings. The molecule has 0 saturated heterocycles. The number of halogens is 4. The monoisotopic (exact) mass is 355 g/mol. The molecule has 0 aliphatic heterocycles. The Labute approximate surface area is 108 Å². The standard InChI is InChI=1S/C10H5F3INO2/c1-17-9(16)6-2-5(14)3-8(7(6)4-15)10(11,12)13/h2-3H,1H3. The minimum absolute atomic E-state index is 0.203. The highest BCUT2D eigenvalue weighted by Gasteiger charge is 2.36. The number of hydrogen-bond acceptors (Lipinski definition) is 3. The van der Waals surface area contributed by atoms with Crippen molar-refractivity contribution in [1.82, 2.24) is 0 Å². The van der Waals surface area contributed by atoms with Gasteiger partial charge in [-0.3, -0.25) is 0 Å². The molecular weight excluding hydrogens is 350 g/mol. The summed E-state index contributed by atoms with van der Waals surface area (Å²) in [6, 6.07) is 3.38. The Balaban J connectivity index is 3.59. The number of rotatable bonds is 1. The molecule has 90 valence electrons. The number of carbonyl (C=O) groups is 1. The zero-order chi connectivity index (χ0) is 13.2. The van der Waals surface area contributed by atoms with Crippen LogP contribution in [0.1, 0.15) is 21.5 Å². The van der Waals surface area contributed by atoms with Gasteiger partial charge in [-0.25, -0.2) is 4.79 Å². The molecule has 0 radical (unpaired) electrons. The Morgan fingerprint density at radius 3 is 2.47 bits per heavy atom. The van der Waals surface area contributed by atoms with E-state index in [-0.39, 0.29) is 9.13 Å². The van der Waals surface area contributed by atoms with Crippen molar-refractivity contribution in [2.24, 2.45) is 0 Å². The molecule has 0 amide bonds. The van der Waals surface area contributed by atoms with Crippen LogP contribution < -0.4 is 0 Å². The number of alkyl halides is 3. The van der Waals surface area contributed by atoms with Crippen LogP contribution in [-0.2, 0) is 10.9 Å². The lowest BCUT2D eigenvalue weighted by Gasteiger charge is -2.12. The summed E-state index contributed by atoms with van der Waals surface area (Å²) in [7, 11) is 1.04. The Bertz CT molecular complexity index is 505. The maximum Gasteiger partial charge on any atom is 0.417 e. The molecule has 3 nitrogen and oxygen atoms in total. The highest BCUT2D eigenvalue weighted by molar-refractivity contribution is 14.1. The van der Waals surface area contributed by atoms with Gasteiger partial charge >= 0.3 is 12.1 Å². The fourth-order valence-electron chi connectivity index (χ4n) is 1.22. The van der Waals surface area contributed by atoms with Gasteiger partial charge in [-0.15, -0.1) is 0 Å². The average Bonchev–Trinajstić information content (AvgIpc) is 2.25. The van der Waals surface area contributed by atoms with E-state index in [1.165, 1.54) is 12.1 Å². The van der Waals surface area contributed by atoms with Gasteiger partial charge in [0.15, 0.2) is 0 Å². The number of carbonyl (C=O) groups excluding carboxylic acids is 1. The number of hydrogen-bond donors (Lipinski definition) is 0. The van der Waals surface area contributed by atoms with E-state index in [1.807, 2.05) is 0 Å². The van der Waals surface area contributed by atoms with Gasteiger partial charge in [0, 0.05) is 3.57 Å². The molecule has 0 bridgehead atoms. The Kier molecular flexibility index (Phi) is 3.98. The normalized spacial score (nSPS) is 10.8. The molecule has 0 aromatic heterocycles. The van der Waals surface area contributed by atoms with Gasteiger partial charge in [0.05, 0.1) is 23.8 Å². The summed E-state index contributed by atoms with van der Waals surface area (Å²) in [5.74, 6) is -0.967. The minimum atomic E-state index is -4.69. The van der Waals surface area contributed by atoms with E-state index in [2.05, 4.69) is 4.74 Å². The average molecular weight is 355 g/mol. The first-order valence-electron chi connectivity index (χ1n) is 4.20. The summed E-state index contributed by atoms with van der Waals surface area (Å²) in [6.07, 6.45) is -4.69. The Morgan fingerprint density at radius 1 is 1.47 bits per heavy atom.